The molecule has 1 rings (SSSR count). The molecule has 0 aliphatic heterocycles. The summed E-state index contributed by atoms with van der Waals surface area (Å²) in [5.41, 5.74) is 3.82. The lowest BCUT2D eigenvalue weighted by molar-refractivity contribution is 0.0706. The van der Waals surface area contributed by atoms with Gasteiger partial charge in [-0.15, -0.1) is 0 Å². The van der Waals surface area contributed by atoms with Gasteiger partial charge in [-0.3, -0.25) is 4.68 Å². The van der Waals surface area contributed by atoms with Gasteiger partial charge in [-0.25, -0.2) is 0 Å². The van der Waals surface area contributed by atoms with Crippen LogP contribution in [0.25, 0.3) is 0 Å². The molecule has 0 bridgehead atoms. The predicted molar refractivity (Wildman–Crippen MR) is 79.7 cm³/mol. The van der Waals surface area contributed by atoms with Crippen LogP contribution in [0.5, 0.6) is 0 Å². The third-order valence-corrected chi connectivity index (χ3v) is 3.26. The summed E-state index contributed by atoms with van der Waals surface area (Å²) < 4.78 is 7.67. The fourth-order valence-corrected chi connectivity index (χ4v) is 2.20. The zero-order valence-electron chi connectivity index (χ0n) is 13.1. The maximum Gasteiger partial charge on any atom is 0.0666 e. The summed E-state index contributed by atoms with van der Waals surface area (Å²) in [6.07, 6.45) is 2.53. The standard InChI is InChI=1S/C15H29N3O/c1-6-8-16-9-7-15-13(4)17-18(14(15)5)10-11-19-12(2)3/h12,16H,6-11H2,1-5H3. The minimum absolute atomic E-state index is 0.287. The molecule has 0 aromatic carbocycles. The Morgan fingerprint density at radius 2 is 2.00 bits per heavy atom. The molecule has 1 aromatic rings. The number of nitrogens with one attached hydrogen (secondary N) is 1. The van der Waals surface area contributed by atoms with Crippen molar-refractivity contribution in [3.05, 3.63) is 17.0 Å². The normalized spacial score (nSPS) is 11.5. The molecule has 110 valence electrons. The van der Waals surface area contributed by atoms with Gasteiger partial charge in [0, 0.05) is 5.69 Å². The van der Waals surface area contributed by atoms with Crippen LogP contribution in [0, 0.1) is 13.8 Å². The molecule has 4 nitrogen and oxygen atoms in total. The Morgan fingerprint density at radius 3 is 2.63 bits per heavy atom. The van der Waals surface area contributed by atoms with Gasteiger partial charge in [-0.1, -0.05) is 6.92 Å². The highest BCUT2D eigenvalue weighted by molar-refractivity contribution is 5.24. The predicted octanol–water partition coefficient (Wildman–Crippen LogP) is 2.47. The van der Waals surface area contributed by atoms with Crippen molar-refractivity contribution in [1.29, 1.82) is 0 Å². The third kappa shape index (κ3) is 5.33. The number of hydrogen-bond acceptors (Lipinski definition) is 3. The summed E-state index contributed by atoms with van der Waals surface area (Å²) in [7, 11) is 0. The second kappa shape index (κ2) is 8.33. The molecule has 4 heteroatoms. The van der Waals surface area contributed by atoms with Crippen LogP contribution >= 0.6 is 0 Å². The lowest BCUT2D eigenvalue weighted by Crippen LogP contribution is -2.18. The molecule has 19 heavy (non-hydrogen) atoms. The van der Waals surface area contributed by atoms with Gasteiger partial charge in [0.25, 0.3) is 0 Å². The second-order valence-corrected chi connectivity index (χ2v) is 5.29. The van der Waals surface area contributed by atoms with Crippen LogP contribution < -0.4 is 5.32 Å². The van der Waals surface area contributed by atoms with Gasteiger partial charge in [0.05, 0.1) is 24.9 Å². The Bertz CT molecular complexity index is 372. The zero-order chi connectivity index (χ0) is 14.3. The maximum absolute atomic E-state index is 5.59. The summed E-state index contributed by atoms with van der Waals surface area (Å²) >= 11 is 0. The van der Waals surface area contributed by atoms with Gasteiger partial charge in [0.1, 0.15) is 0 Å². The molecule has 1 N–H and O–H groups in total. The third-order valence-electron chi connectivity index (χ3n) is 3.26. The highest BCUT2D eigenvalue weighted by atomic mass is 16.5. The lowest BCUT2D eigenvalue weighted by Gasteiger charge is -2.09. The van der Waals surface area contributed by atoms with E-state index in [9.17, 15) is 0 Å². The first-order valence-corrected chi connectivity index (χ1v) is 7.41. The van der Waals surface area contributed by atoms with Gasteiger partial charge in [0.2, 0.25) is 0 Å². The van der Waals surface area contributed by atoms with Gasteiger partial charge >= 0.3 is 0 Å². The van der Waals surface area contributed by atoms with Crippen molar-refractivity contribution >= 4 is 0 Å². The van der Waals surface area contributed by atoms with Crippen LogP contribution in [0.1, 0.15) is 44.1 Å². The molecule has 0 spiro atoms. The molecule has 1 aromatic heterocycles. The Hall–Kier alpha value is -0.870. The molecule has 0 saturated heterocycles. The Balaban J connectivity index is 2.51. The van der Waals surface area contributed by atoms with E-state index in [0.717, 1.165) is 38.4 Å². The largest absolute Gasteiger partial charge is 0.377 e. The molecule has 0 aliphatic carbocycles. The van der Waals surface area contributed by atoms with E-state index in [0.29, 0.717) is 0 Å². The first kappa shape index (κ1) is 16.2. The summed E-state index contributed by atoms with van der Waals surface area (Å²) in [6.45, 7) is 14.3. The lowest BCUT2D eigenvalue weighted by atomic mass is 10.1. The Labute approximate surface area is 117 Å². The summed E-state index contributed by atoms with van der Waals surface area (Å²) in [6, 6.07) is 0. The number of hydrogen-bond donors (Lipinski definition) is 1. The molecule has 0 atom stereocenters. The highest BCUT2D eigenvalue weighted by Gasteiger charge is 2.10. The van der Waals surface area contributed by atoms with E-state index in [2.05, 4.69) is 49.7 Å². The molecular formula is C15H29N3O. The summed E-state index contributed by atoms with van der Waals surface area (Å²) in [5, 5.41) is 8.06. The van der Waals surface area contributed by atoms with Gasteiger partial charge in [-0.2, -0.15) is 5.10 Å². The van der Waals surface area contributed by atoms with Crippen molar-refractivity contribution in [3.63, 3.8) is 0 Å². The fraction of sp³-hybridized carbons (Fsp3) is 0.800. The van der Waals surface area contributed by atoms with Gasteiger partial charge in [-0.05, 0) is 59.2 Å². The number of ether oxygens (including phenoxy) is 1. The topological polar surface area (TPSA) is 39.1 Å². The molecule has 0 radical (unpaired) electrons. The van der Waals surface area contributed by atoms with Crippen molar-refractivity contribution in [2.45, 2.75) is 60.1 Å². The minimum atomic E-state index is 0.287. The first-order valence-electron chi connectivity index (χ1n) is 7.41. The summed E-state index contributed by atoms with van der Waals surface area (Å²) in [5.74, 6) is 0. The van der Waals surface area contributed by atoms with E-state index >= 15 is 0 Å². The van der Waals surface area contributed by atoms with Crippen molar-refractivity contribution in [2.24, 2.45) is 0 Å². The second-order valence-electron chi connectivity index (χ2n) is 5.29. The van der Waals surface area contributed by atoms with E-state index in [4.69, 9.17) is 4.74 Å². The van der Waals surface area contributed by atoms with Gasteiger partial charge < -0.3 is 10.1 Å². The smallest absolute Gasteiger partial charge is 0.0666 e. The van der Waals surface area contributed by atoms with Crippen LogP contribution in [-0.2, 0) is 17.7 Å². The van der Waals surface area contributed by atoms with Crippen molar-refractivity contribution in [2.75, 3.05) is 19.7 Å². The van der Waals surface area contributed by atoms with Crippen LogP contribution in [-0.4, -0.2) is 35.6 Å². The van der Waals surface area contributed by atoms with Crippen molar-refractivity contribution in [1.82, 2.24) is 15.1 Å². The van der Waals surface area contributed by atoms with E-state index in [1.165, 1.54) is 17.7 Å². The average Bonchev–Trinajstić information content (AvgIpc) is 2.61. The highest BCUT2D eigenvalue weighted by Crippen LogP contribution is 2.13. The van der Waals surface area contributed by atoms with Crippen molar-refractivity contribution in [3.8, 4) is 0 Å². The fourth-order valence-electron chi connectivity index (χ4n) is 2.20. The molecule has 0 aliphatic rings. The number of rotatable bonds is 9. The number of nitrogens with zero attached hydrogens (tertiary/aromatic N) is 2. The molecule has 0 saturated carbocycles. The minimum Gasteiger partial charge on any atom is -0.377 e. The number of aryl methyl sites for hydroxylation is 1. The quantitative estimate of drug-likeness (QED) is 0.699. The molecule has 0 unspecified atom stereocenters. The first-order chi connectivity index (χ1) is 9.06. The Morgan fingerprint density at radius 1 is 1.26 bits per heavy atom. The maximum atomic E-state index is 5.59. The molecule has 0 amide bonds. The SMILES string of the molecule is CCCNCCc1c(C)nn(CCOC(C)C)c1C. The van der Waals surface area contributed by atoms with Crippen LogP contribution in [0.2, 0.25) is 0 Å². The average molecular weight is 267 g/mol. The van der Waals surface area contributed by atoms with E-state index in [-0.39, 0.29) is 6.10 Å². The van der Waals surface area contributed by atoms with E-state index in [1.54, 1.807) is 0 Å². The Kier molecular flexibility index (Phi) is 7.10. The summed E-state index contributed by atoms with van der Waals surface area (Å²) in [4.78, 5) is 0. The van der Waals surface area contributed by atoms with Gasteiger partial charge in [0.15, 0.2) is 0 Å². The molecule has 0 fully saturated rings. The molecular weight excluding hydrogens is 238 g/mol. The van der Waals surface area contributed by atoms with Crippen LogP contribution in [0.15, 0.2) is 0 Å². The number of aromatic nitrogens is 2. The van der Waals surface area contributed by atoms with Crippen molar-refractivity contribution < 1.29 is 4.74 Å². The monoisotopic (exact) mass is 267 g/mol. The molecule has 1 heterocycles. The van der Waals surface area contributed by atoms with Crippen LogP contribution in [0.4, 0.5) is 0 Å². The van der Waals surface area contributed by atoms with E-state index in [1.807, 2.05) is 0 Å². The zero-order valence-corrected chi connectivity index (χ0v) is 13.1. The van der Waals surface area contributed by atoms with Crippen LogP contribution in [0.3, 0.4) is 0 Å². The van der Waals surface area contributed by atoms with E-state index < -0.39 is 0 Å².